The zero-order valence-electron chi connectivity index (χ0n) is 16.9. The lowest BCUT2D eigenvalue weighted by Crippen LogP contribution is -2.58. The predicted molar refractivity (Wildman–Crippen MR) is 106 cm³/mol. The van der Waals surface area contributed by atoms with Crippen molar-refractivity contribution in [1.82, 2.24) is 19.9 Å². The zero-order valence-corrected chi connectivity index (χ0v) is 16.9. The molecular formula is C20H29N5O3. The number of benzene rings is 1. The average molecular weight is 387 g/mol. The second-order valence-corrected chi connectivity index (χ2v) is 7.48. The van der Waals surface area contributed by atoms with E-state index in [1.807, 2.05) is 43.0 Å². The number of piperazine rings is 1. The minimum atomic E-state index is -0.781. The van der Waals surface area contributed by atoms with E-state index < -0.39 is 5.54 Å². The summed E-state index contributed by atoms with van der Waals surface area (Å²) in [5.41, 5.74) is 6.29. The average Bonchev–Trinajstić information content (AvgIpc) is 3.16. The van der Waals surface area contributed by atoms with Crippen LogP contribution in [0.25, 0.3) is 11.4 Å². The van der Waals surface area contributed by atoms with Crippen LogP contribution in [0.5, 0.6) is 5.75 Å². The zero-order chi connectivity index (χ0) is 20.1. The quantitative estimate of drug-likeness (QED) is 0.775. The summed E-state index contributed by atoms with van der Waals surface area (Å²) >= 11 is 0. The van der Waals surface area contributed by atoms with Crippen molar-refractivity contribution in [3.05, 3.63) is 30.2 Å². The Balaban J connectivity index is 1.54. The lowest BCUT2D eigenvalue weighted by Gasteiger charge is -2.38. The van der Waals surface area contributed by atoms with E-state index in [0.717, 1.165) is 30.8 Å². The third-order valence-corrected chi connectivity index (χ3v) is 5.09. The standard InChI is InChI=1S/C20H29N5O3/c1-4-9-20(2,21)19(26)25-12-10-24(11-13-25)14-17-22-18(23-28-17)15-5-7-16(27-3)8-6-15/h5-8H,4,9-14,21H2,1-3H3. The summed E-state index contributed by atoms with van der Waals surface area (Å²) in [6, 6.07) is 7.53. The minimum Gasteiger partial charge on any atom is -0.497 e. The second kappa shape index (κ2) is 8.70. The van der Waals surface area contributed by atoms with Crippen molar-refractivity contribution in [2.75, 3.05) is 33.3 Å². The molecule has 152 valence electrons. The first-order valence-corrected chi connectivity index (χ1v) is 9.70. The van der Waals surface area contributed by atoms with Crippen LogP contribution in [0, 0.1) is 0 Å². The Morgan fingerprint density at radius 1 is 1.25 bits per heavy atom. The molecule has 2 heterocycles. The monoisotopic (exact) mass is 387 g/mol. The molecule has 0 aliphatic carbocycles. The van der Waals surface area contributed by atoms with Crippen molar-refractivity contribution in [3.8, 4) is 17.1 Å². The van der Waals surface area contributed by atoms with E-state index in [9.17, 15) is 4.79 Å². The number of nitrogens with two attached hydrogens (primary N) is 1. The molecule has 2 N–H and O–H groups in total. The van der Waals surface area contributed by atoms with Crippen molar-refractivity contribution >= 4 is 5.91 Å². The maximum absolute atomic E-state index is 12.6. The molecular weight excluding hydrogens is 358 g/mol. The van der Waals surface area contributed by atoms with Crippen molar-refractivity contribution in [2.24, 2.45) is 5.73 Å². The first-order chi connectivity index (χ1) is 13.4. The second-order valence-electron chi connectivity index (χ2n) is 7.48. The summed E-state index contributed by atoms with van der Waals surface area (Å²) in [5.74, 6) is 1.95. The van der Waals surface area contributed by atoms with Crippen LogP contribution in [0.2, 0.25) is 0 Å². The molecule has 0 bridgehead atoms. The number of ether oxygens (including phenoxy) is 1. The smallest absolute Gasteiger partial charge is 0.242 e. The Hall–Kier alpha value is -2.45. The van der Waals surface area contributed by atoms with Crippen LogP contribution < -0.4 is 10.5 Å². The number of nitrogens with zero attached hydrogens (tertiary/aromatic N) is 4. The SMILES string of the molecule is CCCC(C)(N)C(=O)N1CCN(Cc2nc(-c3ccc(OC)cc3)no2)CC1. The van der Waals surface area contributed by atoms with Gasteiger partial charge < -0.3 is 19.9 Å². The molecule has 8 nitrogen and oxygen atoms in total. The van der Waals surface area contributed by atoms with Gasteiger partial charge in [-0.15, -0.1) is 0 Å². The van der Waals surface area contributed by atoms with E-state index >= 15 is 0 Å². The number of carbonyl (C=O) groups excluding carboxylic acids is 1. The largest absolute Gasteiger partial charge is 0.497 e. The van der Waals surface area contributed by atoms with E-state index in [1.54, 1.807) is 7.11 Å². The fourth-order valence-corrected chi connectivity index (χ4v) is 3.46. The van der Waals surface area contributed by atoms with E-state index in [-0.39, 0.29) is 5.91 Å². The van der Waals surface area contributed by atoms with Crippen molar-refractivity contribution < 1.29 is 14.1 Å². The van der Waals surface area contributed by atoms with E-state index in [1.165, 1.54) is 0 Å². The van der Waals surface area contributed by atoms with Gasteiger partial charge in [0.05, 0.1) is 19.2 Å². The molecule has 1 aliphatic rings. The molecule has 1 amide bonds. The van der Waals surface area contributed by atoms with Gasteiger partial charge in [0.25, 0.3) is 0 Å². The molecule has 1 aromatic heterocycles. The maximum Gasteiger partial charge on any atom is 0.242 e. The number of rotatable bonds is 7. The fraction of sp³-hybridized carbons (Fsp3) is 0.550. The molecule has 0 saturated carbocycles. The summed E-state index contributed by atoms with van der Waals surface area (Å²) in [7, 11) is 1.63. The van der Waals surface area contributed by atoms with Crippen molar-refractivity contribution in [1.29, 1.82) is 0 Å². The van der Waals surface area contributed by atoms with Crippen LogP contribution >= 0.6 is 0 Å². The molecule has 1 atom stereocenters. The molecule has 2 aromatic rings. The first-order valence-electron chi connectivity index (χ1n) is 9.70. The van der Waals surface area contributed by atoms with Crippen molar-refractivity contribution in [3.63, 3.8) is 0 Å². The molecule has 1 aliphatic heterocycles. The van der Waals surface area contributed by atoms with Gasteiger partial charge in [0.1, 0.15) is 5.75 Å². The van der Waals surface area contributed by atoms with Crippen LogP contribution in [0.4, 0.5) is 0 Å². The highest BCUT2D eigenvalue weighted by Gasteiger charge is 2.33. The first kappa shape index (κ1) is 20.3. The van der Waals surface area contributed by atoms with Gasteiger partial charge in [-0.05, 0) is 37.6 Å². The molecule has 0 radical (unpaired) electrons. The summed E-state index contributed by atoms with van der Waals surface area (Å²) < 4.78 is 10.6. The van der Waals surface area contributed by atoms with Gasteiger partial charge in [0, 0.05) is 31.7 Å². The van der Waals surface area contributed by atoms with Gasteiger partial charge in [-0.1, -0.05) is 18.5 Å². The van der Waals surface area contributed by atoms with E-state index in [2.05, 4.69) is 15.0 Å². The highest BCUT2D eigenvalue weighted by atomic mass is 16.5. The van der Waals surface area contributed by atoms with Gasteiger partial charge in [0.2, 0.25) is 17.6 Å². The highest BCUT2D eigenvalue weighted by Crippen LogP contribution is 2.20. The van der Waals surface area contributed by atoms with Crippen LogP contribution in [-0.2, 0) is 11.3 Å². The number of methoxy groups -OCH3 is 1. The maximum atomic E-state index is 12.6. The van der Waals surface area contributed by atoms with Gasteiger partial charge in [0.15, 0.2) is 0 Å². The predicted octanol–water partition coefficient (Wildman–Crippen LogP) is 1.91. The molecule has 1 fully saturated rings. The van der Waals surface area contributed by atoms with Gasteiger partial charge in [-0.3, -0.25) is 9.69 Å². The Morgan fingerprint density at radius 3 is 2.54 bits per heavy atom. The Kier molecular flexibility index (Phi) is 6.31. The molecule has 1 unspecified atom stereocenters. The van der Waals surface area contributed by atoms with E-state index in [0.29, 0.717) is 37.8 Å². The summed E-state index contributed by atoms with van der Waals surface area (Å²) in [6.07, 6.45) is 1.59. The molecule has 28 heavy (non-hydrogen) atoms. The summed E-state index contributed by atoms with van der Waals surface area (Å²) in [6.45, 7) is 7.28. The summed E-state index contributed by atoms with van der Waals surface area (Å²) in [5, 5.41) is 4.07. The van der Waals surface area contributed by atoms with Crippen LogP contribution in [0.3, 0.4) is 0 Å². The topological polar surface area (TPSA) is 97.7 Å². The lowest BCUT2D eigenvalue weighted by atomic mass is 9.95. The van der Waals surface area contributed by atoms with Crippen molar-refractivity contribution in [2.45, 2.75) is 38.8 Å². The third kappa shape index (κ3) is 4.69. The van der Waals surface area contributed by atoms with Crippen LogP contribution in [-0.4, -0.2) is 64.7 Å². The molecule has 8 heteroatoms. The molecule has 1 saturated heterocycles. The van der Waals surface area contributed by atoms with Crippen LogP contribution in [0.1, 0.15) is 32.6 Å². The molecule has 1 aromatic carbocycles. The van der Waals surface area contributed by atoms with Gasteiger partial charge >= 0.3 is 0 Å². The number of amides is 1. The Morgan fingerprint density at radius 2 is 1.93 bits per heavy atom. The van der Waals surface area contributed by atoms with Gasteiger partial charge in [-0.2, -0.15) is 4.98 Å². The van der Waals surface area contributed by atoms with E-state index in [4.69, 9.17) is 15.0 Å². The summed E-state index contributed by atoms with van der Waals surface area (Å²) in [4.78, 5) is 21.2. The Labute approximate surface area is 165 Å². The molecule has 3 rings (SSSR count). The minimum absolute atomic E-state index is 0.0357. The number of hydrogen-bond acceptors (Lipinski definition) is 7. The lowest BCUT2D eigenvalue weighted by molar-refractivity contribution is -0.138. The molecule has 0 spiro atoms. The normalized spacial score (nSPS) is 17.4. The number of aromatic nitrogens is 2. The third-order valence-electron chi connectivity index (χ3n) is 5.09. The highest BCUT2D eigenvalue weighted by molar-refractivity contribution is 5.85. The number of carbonyl (C=O) groups is 1. The fourth-order valence-electron chi connectivity index (χ4n) is 3.46. The van der Waals surface area contributed by atoms with Gasteiger partial charge in [-0.25, -0.2) is 0 Å². The number of hydrogen-bond donors (Lipinski definition) is 1. The van der Waals surface area contributed by atoms with Crippen LogP contribution in [0.15, 0.2) is 28.8 Å². The Bertz CT molecular complexity index is 779.